The summed E-state index contributed by atoms with van der Waals surface area (Å²) in [7, 11) is 1.68. The Bertz CT molecular complexity index is 762. The third-order valence-corrected chi connectivity index (χ3v) is 5.95. The van der Waals surface area contributed by atoms with Crippen LogP contribution in [0.2, 0.25) is 0 Å². The van der Waals surface area contributed by atoms with Crippen LogP contribution in [-0.2, 0) is 6.54 Å². The lowest BCUT2D eigenvalue weighted by Crippen LogP contribution is -2.43. The summed E-state index contributed by atoms with van der Waals surface area (Å²) in [4.78, 5) is 11.7. The van der Waals surface area contributed by atoms with Crippen LogP contribution in [0.3, 0.4) is 0 Å². The molecule has 5 nitrogen and oxygen atoms in total. The molecular formula is C22H29N3O2. The van der Waals surface area contributed by atoms with Gasteiger partial charge >= 0.3 is 0 Å². The van der Waals surface area contributed by atoms with E-state index in [1.165, 1.54) is 24.8 Å². The Morgan fingerprint density at radius 3 is 2.67 bits per heavy atom. The van der Waals surface area contributed by atoms with Gasteiger partial charge in [-0.3, -0.25) is 4.90 Å². The number of piperidine rings is 1. The fourth-order valence-corrected chi connectivity index (χ4v) is 4.49. The molecule has 1 aliphatic carbocycles. The number of hydrogen-bond acceptors (Lipinski definition) is 5. The fraction of sp³-hybridized carbons (Fsp3) is 0.545. The second-order valence-electron chi connectivity index (χ2n) is 8.06. The molecule has 2 aliphatic rings. The van der Waals surface area contributed by atoms with E-state index in [9.17, 15) is 0 Å². The number of methoxy groups -OCH3 is 1. The maximum absolute atomic E-state index is 6.15. The minimum absolute atomic E-state index is 0.367. The van der Waals surface area contributed by atoms with Gasteiger partial charge in [0.25, 0.3) is 0 Å². The lowest BCUT2D eigenvalue weighted by Gasteiger charge is -2.35. The Morgan fingerprint density at radius 2 is 1.93 bits per heavy atom. The quantitative estimate of drug-likeness (QED) is 0.739. The average Bonchev–Trinajstić information content (AvgIpc) is 3.29. The molecule has 4 rings (SSSR count). The van der Waals surface area contributed by atoms with Crippen molar-refractivity contribution < 1.29 is 9.47 Å². The minimum Gasteiger partial charge on any atom is -0.497 e. The summed E-state index contributed by atoms with van der Waals surface area (Å²) >= 11 is 0. The summed E-state index contributed by atoms with van der Waals surface area (Å²) in [6, 6.07) is 8.99. The van der Waals surface area contributed by atoms with Gasteiger partial charge < -0.3 is 9.47 Å². The van der Waals surface area contributed by atoms with Crippen LogP contribution < -0.4 is 9.47 Å². The fourth-order valence-electron chi connectivity index (χ4n) is 4.49. The van der Waals surface area contributed by atoms with E-state index in [1.54, 1.807) is 7.11 Å². The Hall–Kier alpha value is -2.14. The molecule has 5 heteroatoms. The van der Waals surface area contributed by atoms with Crippen molar-refractivity contribution in [1.29, 1.82) is 0 Å². The number of aromatic nitrogens is 2. The first-order chi connectivity index (χ1) is 13.1. The highest BCUT2D eigenvalue weighted by Crippen LogP contribution is 2.43. The summed E-state index contributed by atoms with van der Waals surface area (Å²) in [5, 5.41) is 0. The van der Waals surface area contributed by atoms with Crippen molar-refractivity contribution in [2.75, 3.05) is 13.7 Å². The van der Waals surface area contributed by atoms with Gasteiger partial charge in [-0.2, -0.15) is 0 Å². The third kappa shape index (κ3) is 3.93. The summed E-state index contributed by atoms with van der Waals surface area (Å²) in [5.41, 5.74) is 1.19. The van der Waals surface area contributed by atoms with Crippen LogP contribution in [0.1, 0.15) is 50.4 Å². The van der Waals surface area contributed by atoms with E-state index in [0.717, 1.165) is 36.4 Å². The molecule has 1 saturated carbocycles. The first-order valence-electron chi connectivity index (χ1n) is 9.97. The van der Waals surface area contributed by atoms with E-state index in [0.29, 0.717) is 18.0 Å². The van der Waals surface area contributed by atoms with Crippen molar-refractivity contribution in [1.82, 2.24) is 14.9 Å². The number of fused-ring (bicyclic) bond motifs is 2. The van der Waals surface area contributed by atoms with Gasteiger partial charge in [-0.25, -0.2) is 9.97 Å². The van der Waals surface area contributed by atoms with E-state index >= 15 is 0 Å². The molecule has 0 N–H and O–H groups in total. The zero-order valence-electron chi connectivity index (χ0n) is 16.5. The number of nitrogens with zero attached hydrogens (tertiary/aromatic N) is 3. The molecule has 144 valence electrons. The maximum Gasteiger partial charge on any atom is 0.130 e. The topological polar surface area (TPSA) is 47.5 Å². The highest BCUT2D eigenvalue weighted by molar-refractivity contribution is 5.32. The molecule has 2 bridgehead atoms. The smallest absolute Gasteiger partial charge is 0.130 e. The van der Waals surface area contributed by atoms with Crippen molar-refractivity contribution in [2.45, 2.75) is 57.7 Å². The van der Waals surface area contributed by atoms with Crippen LogP contribution in [0, 0.1) is 5.92 Å². The van der Waals surface area contributed by atoms with Gasteiger partial charge in [-0.05, 0) is 37.3 Å². The van der Waals surface area contributed by atoms with E-state index in [2.05, 4.69) is 28.7 Å². The first-order valence-corrected chi connectivity index (χ1v) is 9.97. The summed E-state index contributed by atoms with van der Waals surface area (Å²) in [5.74, 6) is 3.73. The molecular weight excluding hydrogens is 338 g/mol. The Balaban J connectivity index is 1.43. The second kappa shape index (κ2) is 7.85. The average molecular weight is 367 g/mol. The molecule has 1 aromatic heterocycles. The highest BCUT2D eigenvalue weighted by Gasteiger charge is 2.45. The summed E-state index contributed by atoms with van der Waals surface area (Å²) in [6.45, 7) is 5.88. The van der Waals surface area contributed by atoms with Gasteiger partial charge in [-0.15, -0.1) is 0 Å². The van der Waals surface area contributed by atoms with Crippen LogP contribution in [0.4, 0.5) is 0 Å². The monoisotopic (exact) mass is 367 g/mol. The largest absolute Gasteiger partial charge is 0.497 e. The number of likely N-dealkylation sites (tertiary alicyclic amines) is 1. The summed E-state index contributed by atoms with van der Waals surface area (Å²) in [6.07, 6.45) is 7.89. The molecule has 2 aromatic rings. The zero-order valence-corrected chi connectivity index (χ0v) is 16.5. The predicted octanol–water partition coefficient (Wildman–Crippen LogP) is 4.04. The minimum atomic E-state index is 0.367. The standard InChI is InChI=1S/C22H29N3O2/c1-15(2)22-23-11-16(12-24-22)13-25-18-8-7-17(9-18)21(25)14-27-20-6-4-5-19(10-20)26-3/h4-6,10-12,15,17-18,21H,7-9,13-14H2,1-3H3/t17-,18-,21+/m1/s1. The van der Waals surface area contributed by atoms with E-state index in [1.807, 2.05) is 36.7 Å². The molecule has 1 aromatic carbocycles. The van der Waals surface area contributed by atoms with Crippen molar-refractivity contribution >= 4 is 0 Å². The number of hydrogen-bond donors (Lipinski definition) is 0. The third-order valence-electron chi connectivity index (χ3n) is 5.95. The lowest BCUT2D eigenvalue weighted by atomic mass is 9.99. The summed E-state index contributed by atoms with van der Waals surface area (Å²) < 4.78 is 11.4. The Kier molecular flexibility index (Phi) is 5.30. The van der Waals surface area contributed by atoms with Crippen LogP contribution in [-0.4, -0.2) is 40.7 Å². The molecule has 3 atom stereocenters. The SMILES string of the molecule is COc1cccc(OC[C@H]2[C@@H]3CC[C@H](C3)N2Cc2cnc(C(C)C)nc2)c1. The van der Waals surface area contributed by atoms with Crippen LogP contribution >= 0.6 is 0 Å². The Labute approximate surface area is 161 Å². The van der Waals surface area contributed by atoms with E-state index in [-0.39, 0.29) is 0 Å². The van der Waals surface area contributed by atoms with Crippen molar-refractivity contribution in [3.63, 3.8) is 0 Å². The second-order valence-corrected chi connectivity index (χ2v) is 8.06. The molecule has 0 spiro atoms. The van der Waals surface area contributed by atoms with E-state index in [4.69, 9.17) is 9.47 Å². The predicted molar refractivity (Wildman–Crippen MR) is 105 cm³/mol. The van der Waals surface area contributed by atoms with Gasteiger partial charge in [-0.1, -0.05) is 19.9 Å². The maximum atomic E-state index is 6.15. The zero-order chi connectivity index (χ0) is 18.8. The van der Waals surface area contributed by atoms with Crippen LogP contribution in [0.5, 0.6) is 11.5 Å². The highest BCUT2D eigenvalue weighted by atomic mass is 16.5. The van der Waals surface area contributed by atoms with Gasteiger partial charge in [0.1, 0.15) is 23.9 Å². The molecule has 0 unspecified atom stereocenters. The molecule has 0 amide bonds. The number of rotatable bonds is 7. The molecule has 2 heterocycles. The van der Waals surface area contributed by atoms with E-state index < -0.39 is 0 Å². The van der Waals surface area contributed by atoms with Crippen LogP contribution in [0.25, 0.3) is 0 Å². The first kappa shape index (κ1) is 18.2. The van der Waals surface area contributed by atoms with Gasteiger partial charge in [0.2, 0.25) is 0 Å². The van der Waals surface area contributed by atoms with Crippen molar-refractivity contribution in [3.05, 3.63) is 48.0 Å². The Morgan fingerprint density at radius 1 is 1.15 bits per heavy atom. The van der Waals surface area contributed by atoms with Gasteiger partial charge in [0.05, 0.1) is 7.11 Å². The van der Waals surface area contributed by atoms with Crippen molar-refractivity contribution in [2.24, 2.45) is 5.92 Å². The van der Waals surface area contributed by atoms with Crippen molar-refractivity contribution in [3.8, 4) is 11.5 Å². The number of ether oxygens (including phenoxy) is 2. The van der Waals surface area contributed by atoms with Crippen LogP contribution in [0.15, 0.2) is 36.7 Å². The molecule has 1 aliphatic heterocycles. The molecule has 27 heavy (non-hydrogen) atoms. The molecule has 1 saturated heterocycles. The van der Waals surface area contributed by atoms with Gasteiger partial charge in [0.15, 0.2) is 0 Å². The molecule has 0 radical (unpaired) electrons. The lowest BCUT2D eigenvalue weighted by molar-refractivity contribution is 0.0864. The normalized spacial score (nSPS) is 24.5. The van der Waals surface area contributed by atoms with Gasteiger partial charge in [0, 0.05) is 48.6 Å². The molecule has 2 fully saturated rings. The number of benzene rings is 1.